The van der Waals surface area contributed by atoms with Crippen LogP contribution in [0.1, 0.15) is 94.7 Å². The van der Waals surface area contributed by atoms with Crippen molar-refractivity contribution in [1.82, 2.24) is 4.90 Å². The average Bonchev–Trinajstić information content (AvgIpc) is 3.15. The van der Waals surface area contributed by atoms with Gasteiger partial charge in [-0.2, -0.15) is 0 Å². The molecule has 1 aliphatic heterocycles. The van der Waals surface area contributed by atoms with E-state index in [-0.39, 0.29) is 50.1 Å². The lowest BCUT2D eigenvalue weighted by Crippen LogP contribution is -2.70. The van der Waals surface area contributed by atoms with Gasteiger partial charge in [0.2, 0.25) is 5.79 Å². The van der Waals surface area contributed by atoms with Crippen LogP contribution in [-0.2, 0) is 14.3 Å². The molecule has 5 rings (SSSR count). The van der Waals surface area contributed by atoms with Crippen molar-refractivity contribution in [3.05, 3.63) is 77.4 Å². The first-order valence-corrected chi connectivity index (χ1v) is 19.7. The molecule has 0 saturated heterocycles. The first kappa shape index (κ1) is 40.3. The fraction of sp³-hybridized carbons (Fsp3) is 0.581. The SMILES string of the molecule is C=CCOC12Oc3ccc(Oc4ccc(C)c(C)c4)cc3C3C(CCCCO)C(CCCCO)C=C(C(=NOCC)CC1N(CCC)C(=O)OCC)C32. The number of aliphatic hydroxyl groups is 2. The van der Waals surface area contributed by atoms with E-state index >= 15 is 0 Å². The lowest BCUT2D eigenvalue weighted by molar-refractivity contribution is -0.255. The maximum atomic E-state index is 13.9. The Morgan fingerprint density at radius 2 is 1.74 bits per heavy atom. The molecule has 2 aliphatic carbocycles. The monoisotopic (exact) mass is 732 g/mol. The third-order valence-corrected chi connectivity index (χ3v) is 11.0. The average molecular weight is 733 g/mol. The number of unbranched alkanes of at least 4 members (excludes halogenated alkanes) is 2. The summed E-state index contributed by atoms with van der Waals surface area (Å²) in [5.41, 5.74) is 5.13. The number of aryl methyl sites for hydroxylation is 2. The Morgan fingerprint density at radius 1 is 1.00 bits per heavy atom. The van der Waals surface area contributed by atoms with Crippen LogP contribution in [0.2, 0.25) is 0 Å². The minimum absolute atomic E-state index is 0.120. The molecule has 290 valence electrons. The van der Waals surface area contributed by atoms with Crippen molar-refractivity contribution in [3.8, 4) is 17.2 Å². The summed E-state index contributed by atoms with van der Waals surface area (Å²) in [5.74, 6) is 0.572. The number of ether oxygens (including phenoxy) is 4. The highest BCUT2D eigenvalue weighted by Crippen LogP contribution is 2.62. The molecular formula is C43H60N2O8. The summed E-state index contributed by atoms with van der Waals surface area (Å²) in [7, 11) is 0. The van der Waals surface area contributed by atoms with Gasteiger partial charge >= 0.3 is 6.09 Å². The van der Waals surface area contributed by atoms with Crippen LogP contribution in [-0.4, -0.2) is 78.3 Å². The molecule has 1 fully saturated rings. The molecule has 2 aromatic carbocycles. The zero-order valence-corrected chi connectivity index (χ0v) is 32.4. The van der Waals surface area contributed by atoms with Gasteiger partial charge in [-0.1, -0.05) is 43.1 Å². The molecule has 0 spiro atoms. The molecule has 1 heterocycles. The Morgan fingerprint density at radius 3 is 2.42 bits per heavy atom. The number of nitrogens with zero attached hydrogens (tertiary/aromatic N) is 2. The number of benzene rings is 2. The number of fused-ring (bicyclic) bond motifs is 2. The standard InChI is InChI=1S/C43H60N2O8/c1-7-21-45(42(48)49-9-3)39-28-37(44-51-10-4)35-26-31(15-11-13-22-46)34(16-12-14-23-47)40-36-27-33(52-32-18-17-29(5)30(6)25-32)19-20-38(36)53-43(39,41(35)40)50-24-8-2/h8,17-20,25-27,31,34,39-41,46-47H,2,7,9-16,21-24,28H2,1,3-6H3. The fourth-order valence-corrected chi connectivity index (χ4v) is 8.59. The van der Waals surface area contributed by atoms with Gasteiger partial charge in [0.05, 0.1) is 24.8 Å². The first-order valence-electron chi connectivity index (χ1n) is 19.7. The summed E-state index contributed by atoms with van der Waals surface area (Å²) in [6.45, 7) is 15.4. The van der Waals surface area contributed by atoms with Crippen LogP contribution in [0.15, 0.2) is 65.9 Å². The molecule has 53 heavy (non-hydrogen) atoms. The van der Waals surface area contributed by atoms with Gasteiger partial charge in [-0.25, -0.2) is 4.79 Å². The van der Waals surface area contributed by atoms with Crippen LogP contribution in [0.25, 0.3) is 0 Å². The zero-order chi connectivity index (χ0) is 38.0. The molecule has 1 saturated carbocycles. The number of carbonyl (C=O) groups is 1. The van der Waals surface area contributed by atoms with Crippen LogP contribution in [0.4, 0.5) is 4.79 Å². The predicted molar refractivity (Wildman–Crippen MR) is 207 cm³/mol. The van der Waals surface area contributed by atoms with Crippen molar-refractivity contribution in [2.75, 3.05) is 39.6 Å². The minimum atomic E-state index is -1.31. The normalized spacial score (nSPS) is 25.1. The van der Waals surface area contributed by atoms with E-state index in [0.29, 0.717) is 50.3 Å². The molecule has 2 aromatic rings. The first-order chi connectivity index (χ1) is 25.8. The molecule has 10 nitrogen and oxygen atoms in total. The Balaban J connectivity index is 1.77. The number of aliphatic hydroxyl groups excluding tert-OH is 2. The van der Waals surface area contributed by atoms with Crippen LogP contribution in [0, 0.1) is 31.6 Å². The van der Waals surface area contributed by atoms with E-state index in [2.05, 4.69) is 44.7 Å². The van der Waals surface area contributed by atoms with Crippen LogP contribution < -0.4 is 9.47 Å². The molecule has 6 atom stereocenters. The molecule has 3 aliphatic rings. The second-order valence-electron chi connectivity index (χ2n) is 14.4. The highest BCUT2D eigenvalue weighted by Gasteiger charge is 2.65. The van der Waals surface area contributed by atoms with Gasteiger partial charge in [-0.15, -0.1) is 6.58 Å². The van der Waals surface area contributed by atoms with Gasteiger partial charge in [0.25, 0.3) is 0 Å². The van der Waals surface area contributed by atoms with E-state index in [0.717, 1.165) is 53.8 Å². The molecule has 6 unspecified atom stereocenters. The smallest absolute Gasteiger partial charge is 0.410 e. The Kier molecular flexibility index (Phi) is 14.4. The molecule has 1 amide bonds. The summed E-state index contributed by atoms with van der Waals surface area (Å²) >= 11 is 0. The number of allylic oxidation sites excluding steroid dienone is 1. The minimum Gasteiger partial charge on any atom is -0.459 e. The highest BCUT2D eigenvalue weighted by atomic mass is 16.7. The summed E-state index contributed by atoms with van der Waals surface area (Å²) < 4.78 is 26.4. The van der Waals surface area contributed by atoms with Crippen LogP contribution in [0.5, 0.6) is 17.2 Å². The second kappa shape index (κ2) is 18.9. The van der Waals surface area contributed by atoms with Crippen molar-refractivity contribution in [1.29, 1.82) is 0 Å². The van der Waals surface area contributed by atoms with Crippen LogP contribution in [0.3, 0.4) is 0 Å². The molecule has 10 heteroatoms. The maximum Gasteiger partial charge on any atom is 0.410 e. The van der Waals surface area contributed by atoms with E-state index in [1.807, 2.05) is 39.0 Å². The third kappa shape index (κ3) is 8.76. The number of oxime groups is 1. The van der Waals surface area contributed by atoms with Gasteiger partial charge in [0.15, 0.2) is 0 Å². The van der Waals surface area contributed by atoms with Gasteiger partial charge < -0.3 is 34.0 Å². The molecule has 0 radical (unpaired) electrons. The van der Waals surface area contributed by atoms with Gasteiger partial charge in [0.1, 0.15) is 29.9 Å². The number of amides is 1. The predicted octanol–water partition coefficient (Wildman–Crippen LogP) is 8.62. The van der Waals surface area contributed by atoms with Gasteiger partial charge in [0, 0.05) is 37.7 Å². The fourth-order valence-electron chi connectivity index (χ4n) is 8.59. The van der Waals surface area contributed by atoms with Crippen molar-refractivity contribution >= 4 is 11.8 Å². The molecule has 2 N–H and O–H groups in total. The molecule has 0 bridgehead atoms. The van der Waals surface area contributed by atoms with Crippen LogP contribution >= 0.6 is 0 Å². The maximum absolute atomic E-state index is 13.9. The topological polar surface area (TPSA) is 119 Å². The molecule has 0 aromatic heterocycles. The Hall–Kier alpha value is -3.86. The van der Waals surface area contributed by atoms with Gasteiger partial charge in [-0.05, 0) is 119 Å². The largest absolute Gasteiger partial charge is 0.459 e. The zero-order valence-electron chi connectivity index (χ0n) is 32.4. The Bertz CT molecular complexity index is 1610. The third-order valence-electron chi connectivity index (χ3n) is 11.0. The van der Waals surface area contributed by atoms with E-state index in [1.54, 1.807) is 11.0 Å². The van der Waals surface area contributed by atoms with Crippen molar-refractivity contribution in [2.24, 2.45) is 22.9 Å². The summed E-state index contributed by atoms with van der Waals surface area (Å²) in [4.78, 5) is 21.4. The summed E-state index contributed by atoms with van der Waals surface area (Å²) in [6.07, 6.45) is 9.53. The number of hydrogen-bond donors (Lipinski definition) is 2. The van der Waals surface area contributed by atoms with Gasteiger partial charge in [-0.3, -0.25) is 4.90 Å². The van der Waals surface area contributed by atoms with Crippen molar-refractivity contribution < 1.29 is 38.8 Å². The molecular weight excluding hydrogens is 672 g/mol. The number of rotatable bonds is 19. The Labute approximate surface area is 315 Å². The second-order valence-corrected chi connectivity index (χ2v) is 14.4. The van der Waals surface area contributed by atoms with Crippen molar-refractivity contribution in [2.45, 2.75) is 104 Å². The summed E-state index contributed by atoms with van der Waals surface area (Å²) in [5, 5.41) is 24.4. The van der Waals surface area contributed by atoms with E-state index in [4.69, 9.17) is 28.9 Å². The van der Waals surface area contributed by atoms with E-state index in [1.165, 1.54) is 5.56 Å². The quantitative estimate of drug-likeness (QED) is 0.0838. The lowest BCUT2D eigenvalue weighted by atomic mass is 9.55. The van der Waals surface area contributed by atoms with E-state index in [9.17, 15) is 15.0 Å². The summed E-state index contributed by atoms with van der Waals surface area (Å²) in [6, 6.07) is 11.5. The number of hydrogen-bond acceptors (Lipinski definition) is 9. The lowest BCUT2D eigenvalue weighted by Gasteiger charge is -2.59. The highest BCUT2D eigenvalue weighted by molar-refractivity contribution is 6.03. The number of carbonyl (C=O) groups excluding carboxylic acids is 1. The van der Waals surface area contributed by atoms with E-state index < -0.39 is 17.9 Å². The van der Waals surface area contributed by atoms with Crippen molar-refractivity contribution in [3.63, 3.8) is 0 Å².